The first-order valence-corrected chi connectivity index (χ1v) is 13.7. The summed E-state index contributed by atoms with van der Waals surface area (Å²) in [5.74, 6) is 2.14. The zero-order valence-corrected chi connectivity index (χ0v) is 23.9. The fourth-order valence-electron chi connectivity index (χ4n) is 5.11. The number of hydrogen-bond donors (Lipinski definition) is 3. The Morgan fingerprint density at radius 2 is 1.67 bits per heavy atom. The number of amides is 2. The minimum atomic E-state index is -4.47. The third-order valence-corrected chi connectivity index (χ3v) is 7.29. The van der Waals surface area contributed by atoms with Gasteiger partial charge in [0.15, 0.2) is 11.5 Å². The molecule has 43 heavy (non-hydrogen) atoms. The second-order valence-electron chi connectivity index (χ2n) is 10.0. The van der Waals surface area contributed by atoms with E-state index in [1.807, 2.05) is 0 Å². The Morgan fingerprint density at radius 3 is 2.37 bits per heavy atom. The molecule has 1 saturated heterocycles. The number of urea groups is 1. The van der Waals surface area contributed by atoms with Gasteiger partial charge in [0.2, 0.25) is 0 Å². The molecule has 1 aliphatic heterocycles. The van der Waals surface area contributed by atoms with Crippen LogP contribution in [0.1, 0.15) is 18.4 Å². The van der Waals surface area contributed by atoms with E-state index >= 15 is 0 Å². The first kappa shape index (κ1) is 29.6. The Hall–Kier alpha value is -4.87. The number of fused-ring (bicyclic) bond motifs is 1. The van der Waals surface area contributed by atoms with E-state index in [-0.39, 0.29) is 11.7 Å². The molecule has 5 rings (SSSR count). The lowest BCUT2D eigenvalue weighted by molar-refractivity contribution is -0.137. The molecule has 0 radical (unpaired) electrons. The van der Waals surface area contributed by atoms with Crippen LogP contribution in [-0.4, -0.2) is 51.4 Å². The second kappa shape index (κ2) is 12.6. The molecule has 2 amide bonds. The Morgan fingerprint density at radius 1 is 0.930 bits per heavy atom. The number of rotatable bonds is 8. The average Bonchev–Trinajstić information content (AvgIpc) is 3.00. The van der Waals surface area contributed by atoms with Crippen LogP contribution in [0.15, 0.2) is 66.9 Å². The van der Waals surface area contributed by atoms with E-state index in [1.54, 1.807) is 80.9 Å². The number of methoxy groups -OCH3 is 2. The summed E-state index contributed by atoms with van der Waals surface area (Å²) < 4.78 is 58.1. The van der Waals surface area contributed by atoms with Crippen molar-refractivity contribution in [3.8, 4) is 23.0 Å². The quantitative estimate of drug-likeness (QED) is 0.204. The average molecular weight is 596 g/mol. The SMILES string of the molecule is CNc1ccc(N2CCC(NC(=O)Nc3cccc(Oc4ccnc5cc(OC)c(OC)cc45)c3)CC2)c(C(F)(F)F)c1. The van der Waals surface area contributed by atoms with Crippen molar-refractivity contribution < 1.29 is 32.2 Å². The lowest BCUT2D eigenvalue weighted by Crippen LogP contribution is -2.46. The lowest BCUT2D eigenvalue weighted by Gasteiger charge is -2.35. The molecule has 2 heterocycles. The number of piperidine rings is 1. The summed E-state index contributed by atoms with van der Waals surface area (Å²) in [5.41, 5.74) is 1.05. The van der Waals surface area contributed by atoms with Crippen LogP contribution in [0.3, 0.4) is 0 Å². The molecule has 12 heteroatoms. The maximum atomic E-state index is 13.7. The van der Waals surface area contributed by atoms with Crippen LogP contribution < -0.4 is 35.1 Å². The Bertz CT molecular complexity index is 1610. The number of carbonyl (C=O) groups excluding carboxylic acids is 1. The highest BCUT2D eigenvalue weighted by atomic mass is 19.4. The Balaban J connectivity index is 1.20. The Labute approximate surface area is 246 Å². The third kappa shape index (κ3) is 6.79. The zero-order valence-electron chi connectivity index (χ0n) is 23.9. The molecule has 3 aromatic carbocycles. The highest BCUT2D eigenvalue weighted by Crippen LogP contribution is 2.40. The number of pyridine rings is 1. The van der Waals surface area contributed by atoms with Crippen molar-refractivity contribution >= 4 is 34.0 Å². The molecule has 0 aliphatic carbocycles. The van der Waals surface area contributed by atoms with Crippen molar-refractivity contribution in [3.05, 3.63) is 72.4 Å². The normalized spacial score (nSPS) is 13.9. The molecule has 1 fully saturated rings. The van der Waals surface area contributed by atoms with Gasteiger partial charge < -0.3 is 35.1 Å². The van der Waals surface area contributed by atoms with Gasteiger partial charge in [0.05, 0.1) is 25.3 Å². The minimum Gasteiger partial charge on any atom is -0.493 e. The predicted molar refractivity (Wildman–Crippen MR) is 160 cm³/mol. The van der Waals surface area contributed by atoms with Gasteiger partial charge in [-0.2, -0.15) is 13.2 Å². The second-order valence-corrected chi connectivity index (χ2v) is 10.0. The summed E-state index contributed by atoms with van der Waals surface area (Å²) in [6, 6.07) is 15.9. The number of nitrogens with one attached hydrogen (secondary N) is 3. The van der Waals surface area contributed by atoms with Gasteiger partial charge in [0, 0.05) is 67.0 Å². The summed E-state index contributed by atoms with van der Waals surface area (Å²) in [6.45, 7) is 0.763. The number of ether oxygens (including phenoxy) is 3. The van der Waals surface area contributed by atoms with Crippen LogP contribution in [0, 0.1) is 0 Å². The van der Waals surface area contributed by atoms with Gasteiger partial charge in [-0.25, -0.2) is 4.79 Å². The van der Waals surface area contributed by atoms with E-state index in [9.17, 15) is 18.0 Å². The van der Waals surface area contributed by atoms with Crippen molar-refractivity contribution in [1.29, 1.82) is 0 Å². The standard InChI is InChI=1S/C31H32F3N5O4/c1-35-20-7-8-26(24(16-20)31(32,33)34)39-13-10-19(11-14-39)37-30(40)38-21-5-4-6-22(15-21)43-27-9-12-36-25-18-29(42-3)28(41-2)17-23(25)27/h4-9,12,15-19,35H,10-11,13-14H2,1-3H3,(H2,37,38,40). The summed E-state index contributed by atoms with van der Waals surface area (Å²) >= 11 is 0. The maximum Gasteiger partial charge on any atom is 0.418 e. The van der Waals surface area contributed by atoms with Crippen LogP contribution >= 0.6 is 0 Å². The molecule has 0 spiro atoms. The highest BCUT2D eigenvalue weighted by molar-refractivity contribution is 5.90. The molecule has 1 aromatic heterocycles. The van der Waals surface area contributed by atoms with Gasteiger partial charge in [-0.1, -0.05) is 6.07 Å². The predicted octanol–water partition coefficient (Wildman–Crippen LogP) is 6.90. The van der Waals surface area contributed by atoms with E-state index in [0.29, 0.717) is 65.8 Å². The van der Waals surface area contributed by atoms with Gasteiger partial charge in [0.1, 0.15) is 11.5 Å². The van der Waals surface area contributed by atoms with E-state index in [1.165, 1.54) is 6.07 Å². The molecule has 9 nitrogen and oxygen atoms in total. The number of benzene rings is 3. The highest BCUT2D eigenvalue weighted by Gasteiger charge is 2.36. The molecule has 0 unspecified atom stereocenters. The number of anilines is 3. The van der Waals surface area contributed by atoms with Gasteiger partial charge in [-0.05, 0) is 55.3 Å². The van der Waals surface area contributed by atoms with E-state index in [2.05, 4.69) is 20.9 Å². The minimum absolute atomic E-state index is 0.144. The van der Waals surface area contributed by atoms with E-state index < -0.39 is 17.8 Å². The van der Waals surface area contributed by atoms with Crippen molar-refractivity contribution in [2.45, 2.75) is 25.1 Å². The summed E-state index contributed by atoms with van der Waals surface area (Å²) in [6.07, 6.45) is -1.83. The van der Waals surface area contributed by atoms with E-state index in [0.717, 1.165) is 11.5 Å². The summed E-state index contributed by atoms with van der Waals surface area (Å²) in [7, 11) is 4.69. The fourth-order valence-corrected chi connectivity index (χ4v) is 5.11. The molecule has 0 bridgehead atoms. The summed E-state index contributed by atoms with van der Waals surface area (Å²) in [4.78, 5) is 18.9. The van der Waals surface area contributed by atoms with Crippen LogP contribution in [0.25, 0.3) is 10.9 Å². The number of halogens is 3. The molecular weight excluding hydrogens is 563 g/mol. The Kier molecular flexibility index (Phi) is 8.65. The topological polar surface area (TPSA) is 97.0 Å². The molecule has 1 aliphatic rings. The van der Waals surface area contributed by atoms with Gasteiger partial charge in [-0.3, -0.25) is 4.98 Å². The number of aromatic nitrogens is 1. The molecule has 4 aromatic rings. The van der Waals surface area contributed by atoms with Crippen LogP contribution in [-0.2, 0) is 6.18 Å². The largest absolute Gasteiger partial charge is 0.493 e. The number of nitrogens with zero attached hydrogens (tertiary/aromatic N) is 2. The summed E-state index contributed by atoms with van der Waals surface area (Å²) in [5, 5.41) is 9.24. The number of alkyl halides is 3. The number of carbonyl (C=O) groups is 1. The van der Waals surface area contributed by atoms with E-state index in [4.69, 9.17) is 14.2 Å². The van der Waals surface area contributed by atoms with Gasteiger partial charge in [-0.15, -0.1) is 0 Å². The molecule has 0 atom stereocenters. The monoisotopic (exact) mass is 595 g/mol. The van der Waals surface area contributed by atoms with Crippen molar-refractivity contribution in [3.63, 3.8) is 0 Å². The first-order chi connectivity index (χ1) is 20.7. The van der Waals surface area contributed by atoms with Crippen LogP contribution in [0.4, 0.5) is 35.0 Å². The maximum absolute atomic E-state index is 13.7. The van der Waals surface area contributed by atoms with Crippen LogP contribution in [0.2, 0.25) is 0 Å². The van der Waals surface area contributed by atoms with Crippen molar-refractivity contribution in [1.82, 2.24) is 10.3 Å². The molecule has 0 saturated carbocycles. The zero-order chi connectivity index (χ0) is 30.6. The first-order valence-electron chi connectivity index (χ1n) is 13.7. The smallest absolute Gasteiger partial charge is 0.418 e. The van der Waals surface area contributed by atoms with Crippen molar-refractivity contribution in [2.75, 3.05) is 49.9 Å². The number of hydrogen-bond acceptors (Lipinski definition) is 7. The third-order valence-electron chi connectivity index (χ3n) is 7.29. The van der Waals surface area contributed by atoms with Crippen molar-refractivity contribution in [2.24, 2.45) is 0 Å². The van der Waals surface area contributed by atoms with Crippen LogP contribution in [0.5, 0.6) is 23.0 Å². The molecule has 226 valence electrons. The molecule has 3 N–H and O–H groups in total. The van der Waals surface area contributed by atoms with Gasteiger partial charge >= 0.3 is 12.2 Å². The van der Waals surface area contributed by atoms with Gasteiger partial charge in [0.25, 0.3) is 0 Å². The fraction of sp³-hybridized carbons (Fsp3) is 0.290. The molecular formula is C31H32F3N5O4. The lowest BCUT2D eigenvalue weighted by atomic mass is 10.0.